The molecule has 174 valence electrons. The van der Waals surface area contributed by atoms with Crippen molar-refractivity contribution in [1.82, 2.24) is 25.0 Å². The van der Waals surface area contributed by atoms with Gasteiger partial charge in [-0.2, -0.15) is 0 Å². The molecule has 1 N–H and O–H groups in total. The number of nitrogens with zero attached hydrogens (tertiary/aromatic N) is 4. The third-order valence-corrected chi connectivity index (χ3v) is 5.99. The van der Waals surface area contributed by atoms with Gasteiger partial charge in [0.15, 0.2) is 11.0 Å². The van der Waals surface area contributed by atoms with Gasteiger partial charge in [-0.3, -0.25) is 14.2 Å². The van der Waals surface area contributed by atoms with E-state index in [0.717, 1.165) is 22.6 Å². The lowest BCUT2D eigenvalue weighted by atomic mass is 10.1. The largest absolute Gasteiger partial charge is 0.352 e. The van der Waals surface area contributed by atoms with E-state index in [1.807, 2.05) is 87.7 Å². The van der Waals surface area contributed by atoms with Crippen molar-refractivity contribution in [3.05, 3.63) is 59.7 Å². The molecule has 1 heterocycles. The summed E-state index contributed by atoms with van der Waals surface area (Å²) in [6.45, 7) is 10.3. The Kier molecular flexibility index (Phi) is 8.27. The highest BCUT2D eigenvalue weighted by molar-refractivity contribution is 7.99. The quantitative estimate of drug-likeness (QED) is 0.483. The summed E-state index contributed by atoms with van der Waals surface area (Å²) in [6.07, 6.45) is 0. The average Bonchev–Trinajstić information content (AvgIpc) is 3.20. The van der Waals surface area contributed by atoms with E-state index in [0.29, 0.717) is 11.7 Å². The number of thioether (sulfide) groups is 1. The third kappa shape index (κ3) is 6.44. The van der Waals surface area contributed by atoms with Crippen LogP contribution in [0.3, 0.4) is 0 Å². The van der Waals surface area contributed by atoms with E-state index in [1.54, 1.807) is 4.90 Å². The number of aromatic nitrogens is 3. The Morgan fingerprint density at radius 3 is 2.18 bits per heavy atom. The molecule has 33 heavy (non-hydrogen) atoms. The van der Waals surface area contributed by atoms with Gasteiger partial charge in [0, 0.05) is 23.8 Å². The van der Waals surface area contributed by atoms with Gasteiger partial charge < -0.3 is 10.2 Å². The number of benzene rings is 2. The van der Waals surface area contributed by atoms with Gasteiger partial charge in [-0.1, -0.05) is 59.3 Å². The van der Waals surface area contributed by atoms with Crippen molar-refractivity contribution < 1.29 is 9.59 Å². The maximum absolute atomic E-state index is 12.8. The Labute approximate surface area is 199 Å². The molecule has 1 aromatic heterocycles. The SMILES string of the molecule is CCN(CC(=O)NC(C)C)C(=O)CSc1nnc(-c2ccc(C)cc2)n1-c1ccc(C)cc1. The molecule has 0 aliphatic heterocycles. The highest BCUT2D eigenvalue weighted by Gasteiger charge is 2.20. The number of amides is 2. The number of hydrogen-bond donors (Lipinski definition) is 1. The van der Waals surface area contributed by atoms with E-state index >= 15 is 0 Å². The summed E-state index contributed by atoms with van der Waals surface area (Å²) in [5.41, 5.74) is 4.21. The predicted octanol–water partition coefficient (Wildman–Crippen LogP) is 4.02. The summed E-state index contributed by atoms with van der Waals surface area (Å²) in [5.74, 6) is 0.615. The minimum Gasteiger partial charge on any atom is -0.352 e. The van der Waals surface area contributed by atoms with Crippen molar-refractivity contribution in [1.29, 1.82) is 0 Å². The molecular weight excluding hydrogens is 434 g/mol. The maximum atomic E-state index is 12.8. The van der Waals surface area contributed by atoms with Crippen molar-refractivity contribution in [3.63, 3.8) is 0 Å². The van der Waals surface area contributed by atoms with Crippen LogP contribution in [0, 0.1) is 13.8 Å². The molecule has 2 amide bonds. The van der Waals surface area contributed by atoms with Gasteiger partial charge in [-0.25, -0.2) is 0 Å². The second kappa shape index (κ2) is 11.1. The predicted molar refractivity (Wildman–Crippen MR) is 133 cm³/mol. The van der Waals surface area contributed by atoms with Gasteiger partial charge in [0.2, 0.25) is 11.8 Å². The lowest BCUT2D eigenvalue weighted by molar-refractivity contribution is -0.134. The number of carbonyl (C=O) groups excluding carboxylic acids is 2. The highest BCUT2D eigenvalue weighted by atomic mass is 32.2. The Hall–Kier alpha value is -3.13. The molecule has 0 unspecified atom stereocenters. The number of rotatable bonds is 9. The molecule has 0 saturated heterocycles. The van der Waals surface area contributed by atoms with Crippen LogP contribution in [0.1, 0.15) is 31.9 Å². The molecule has 3 aromatic rings. The molecule has 3 rings (SSSR count). The summed E-state index contributed by atoms with van der Waals surface area (Å²) in [5, 5.41) is 12.3. The first kappa shape index (κ1) is 24.5. The lowest BCUT2D eigenvalue weighted by Crippen LogP contribution is -2.43. The molecule has 0 spiro atoms. The third-order valence-electron chi connectivity index (χ3n) is 5.08. The number of carbonyl (C=O) groups is 2. The maximum Gasteiger partial charge on any atom is 0.239 e. The normalized spacial score (nSPS) is 11.0. The van der Waals surface area contributed by atoms with E-state index in [2.05, 4.69) is 15.5 Å². The van der Waals surface area contributed by atoms with Crippen molar-refractivity contribution in [2.75, 3.05) is 18.8 Å². The first-order valence-corrected chi connectivity index (χ1v) is 12.1. The highest BCUT2D eigenvalue weighted by Crippen LogP contribution is 2.28. The zero-order chi connectivity index (χ0) is 24.0. The molecule has 0 atom stereocenters. The zero-order valence-electron chi connectivity index (χ0n) is 19.8. The van der Waals surface area contributed by atoms with Crippen LogP contribution in [0.5, 0.6) is 0 Å². The lowest BCUT2D eigenvalue weighted by Gasteiger charge is -2.21. The van der Waals surface area contributed by atoms with Gasteiger partial charge >= 0.3 is 0 Å². The van der Waals surface area contributed by atoms with E-state index in [1.165, 1.54) is 17.3 Å². The standard InChI is InChI=1S/C25H31N5O2S/c1-6-29(15-22(31)26-17(2)3)23(32)16-33-25-28-27-24(20-11-7-18(4)8-12-20)30(25)21-13-9-19(5)10-14-21/h7-14,17H,6,15-16H2,1-5H3,(H,26,31). The minimum absolute atomic E-state index is 0.0361. The first-order chi connectivity index (χ1) is 15.8. The molecule has 8 heteroatoms. The zero-order valence-corrected chi connectivity index (χ0v) is 20.6. The van der Waals surface area contributed by atoms with Gasteiger partial charge in [-0.15, -0.1) is 10.2 Å². The molecule has 0 aliphatic carbocycles. The Bertz CT molecular complexity index is 1090. The molecular formula is C25H31N5O2S. The first-order valence-electron chi connectivity index (χ1n) is 11.1. The van der Waals surface area contributed by atoms with Crippen LogP contribution in [0.25, 0.3) is 17.1 Å². The smallest absolute Gasteiger partial charge is 0.239 e. The molecule has 0 radical (unpaired) electrons. The van der Waals surface area contributed by atoms with Crippen LogP contribution in [0.4, 0.5) is 0 Å². The molecule has 0 bridgehead atoms. The number of aryl methyl sites for hydroxylation is 2. The second-order valence-electron chi connectivity index (χ2n) is 8.26. The fourth-order valence-electron chi connectivity index (χ4n) is 3.31. The summed E-state index contributed by atoms with van der Waals surface area (Å²) in [4.78, 5) is 26.5. The van der Waals surface area contributed by atoms with Gasteiger partial charge in [0.25, 0.3) is 0 Å². The van der Waals surface area contributed by atoms with Crippen LogP contribution in [-0.2, 0) is 9.59 Å². The van der Waals surface area contributed by atoms with E-state index in [9.17, 15) is 9.59 Å². The van der Waals surface area contributed by atoms with Gasteiger partial charge in [-0.05, 0) is 46.8 Å². The Morgan fingerprint density at radius 2 is 1.61 bits per heavy atom. The molecule has 0 saturated carbocycles. The average molecular weight is 466 g/mol. The number of likely N-dealkylation sites (N-methyl/N-ethyl adjacent to an activating group) is 1. The van der Waals surface area contributed by atoms with E-state index in [4.69, 9.17) is 0 Å². The van der Waals surface area contributed by atoms with Crippen molar-refractivity contribution in [2.24, 2.45) is 0 Å². The summed E-state index contributed by atoms with van der Waals surface area (Å²) >= 11 is 1.32. The number of nitrogens with one attached hydrogen (secondary N) is 1. The second-order valence-corrected chi connectivity index (χ2v) is 9.20. The summed E-state index contributed by atoms with van der Waals surface area (Å²) < 4.78 is 1.98. The molecule has 0 fully saturated rings. The summed E-state index contributed by atoms with van der Waals surface area (Å²) in [7, 11) is 0. The van der Waals surface area contributed by atoms with Gasteiger partial charge in [0.1, 0.15) is 0 Å². The van der Waals surface area contributed by atoms with Crippen molar-refractivity contribution in [3.8, 4) is 17.1 Å². The molecule has 7 nitrogen and oxygen atoms in total. The van der Waals surface area contributed by atoms with E-state index < -0.39 is 0 Å². The minimum atomic E-state index is -0.158. The Morgan fingerprint density at radius 1 is 1.00 bits per heavy atom. The Balaban J connectivity index is 1.84. The van der Waals surface area contributed by atoms with Gasteiger partial charge in [0.05, 0.1) is 12.3 Å². The fraction of sp³-hybridized carbons (Fsp3) is 0.360. The van der Waals surface area contributed by atoms with Crippen LogP contribution in [0.15, 0.2) is 53.7 Å². The van der Waals surface area contributed by atoms with Crippen LogP contribution in [0.2, 0.25) is 0 Å². The van der Waals surface area contributed by atoms with E-state index in [-0.39, 0.29) is 30.2 Å². The van der Waals surface area contributed by atoms with Crippen LogP contribution in [-0.4, -0.2) is 56.4 Å². The number of hydrogen-bond acceptors (Lipinski definition) is 5. The fourth-order valence-corrected chi connectivity index (χ4v) is 4.17. The van der Waals surface area contributed by atoms with Crippen LogP contribution < -0.4 is 5.32 Å². The topological polar surface area (TPSA) is 80.1 Å². The van der Waals surface area contributed by atoms with Crippen molar-refractivity contribution >= 4 is 23.6 Å². The van der Waals surface area contributed by atoms with Crippen LogP contribution >= 0.6 is 11.8 Å². The summed E-state index contributed by atoms with van der Waals surface area (Å²) in [6, 6.07) is 16.3. The molecule has 2 aromatic carbocycles. The molecule has 0 aliphatic rings. The monoisotopic (exact) mass is 465 g/mol. The van der Waals surface area contributed by atoms with Crippen molar-refractivity contribution in [2.45, 2.75) is 45.8 Å².